The fourth-order valence-electron chi connectivity index (χ4n) is 1.67. The summed E-state index contributed by atoms with van der Waals surface area (Å²) >= 11 is 0. The maximum Gasteiger partial charge on any atom is 0.257 e. The van der Waals surface area contributed by atoms with Crippen LogP contribution in [0.2, 0.25) is 0 Å². The molecular weight excluding hydrogens is 252 g/mol. The summed E-state index contributed by atoms with van der Waals surface area (Å²) in [6.45, 7) is 3.05. The smallest absolute Gasteiger partial charge is 0.257 e. The zero-order chi connectivity index (χ0) is 14.2. The Kier molecular flexibility index (Phi) is 5.06. The van der Waals surface area contributed by atoms with Crippen LogP contribution in [0, 0.1) is 0 Å². The second-order valence-corrected chi connectivity index (χ2v) is 4.41. The van der Waals surface area contributed by atoms with E-state index in [1.54, 1.807) is 24.5 Å². The van der Waals surface area contributed by atoms with E-state index < -0.39 is 0 Å². The Morgan fingerprint density at radius 1 is 1.25 bits per heavy atom. The van der Waals surface area contributed by atoms with Gasteiger partial charge in [-0.25, -0.2) is 4.98 Å². The summed E-state index contributed by atoms with van der Waals surface area (Å²) in [6.07, 6.45) is 7.06. The van der Waals surface area contributed by atoms with Crippen molar-refractivity contribution in [1.82, 2.24) is 9.97 Å². The van der Waals surface area contributed by atoms with Gasteiger partial charge in [-0.2, -0.15) is 0 Å². The molecule has 0 spiro atoms. The third kappa shape index (κ3) is 4.05. The van der Waals surface area contributed by atoms with Crippen molar-refractivity contribution in [2.45, 2.75) is 19.8 Å². The molecule has 0 aliphatic rings. The molecule has 2 heterocycles. The minimum atomic E-state index is -0.188. The molecule has 2 aromatic heterocycles. The van der Waals surface area contributed by atoms with E-state index in [2.05, 4.69) is 27.5 Å². The summed E-state index contributed by atoms with van der Waals surface area (Å²) in [7, 11) is 0. The Hall–Kier alpha value is -2.43. The van der Waals surface area contributed by atoms with Gasteiger partial charge in [0.2, 0.25) is 0 Å². The maximum absolute atomic E-state index is 11.9. The molecule has 0 bridgehead atoms. The minimum absolute atomic E-state index is 0.188. The molecule has 5 heteroatoms. The van der Waals surface area contributed by atoms with Gasteiger partial charge in [-0.15, -0.1) is 0 Å². The molecule has 20 heavy (non-hydrogen) atoms. The van der Waals surface area contributed by atoms with E-state index in [0.717, 1.165) is 25.2 Å². The number of amides is 1. The third-order valence-electron chi connectivity index (χ3n) is 2.78. The number of nitrogens with one attached hydrogen (secondary N) is 2. The van der Waals surface area contributed by atoms with E-state index in [-0.39, 0.29) is 5.91 Å². The lowest BCUT2D eigenvalue weighted by Crippen LogP contribution is -2.12. The minimum Gasteiger partial charge on any atom is -0.370 e. The quantitative estimate of drug-likeness (QED) is 0.792. The molecule has 0 aliphatic carbocycles. The molecular formula is C15H18N4O. The van der Waals surface area contributed by atoms with Gasteiger partial charge in [0.1, 0.15) is 5.82 Å². The van der Waals surface area contributed by atoms with Gasteiger partial charge in [-0.05, 0) is 30.7 Å². The van der Waals surface area contributed by atoms with E-state index in [9.17, 15) is 4.79 Å². The number of rotatable bonds is 6. The Morgan fingerprint density at radius 2 is 2.15 bits per heavy atom. The monoisotopic (exact) mass is 270 g/mol. The highest BCUT2D eigenvalue weighted by atomic mass is 16.1. The van der Waals surface area contributed by atoms with E-state index in [4.69, 9.17) is 0 Å². The Labute approximate surface area is 118 Å². The summed E-state index contributed by atoms with van der Waals surface area (Å²) in [5, 5.41) is 6.01. The lowest BCUT2D eigenvalue weighted by molar-refractivity contribution is 0.102. The summed E-state index contributed by atoms with van der Waals surface area (Å²) < 4.78 is 0. The van der Waals surface area contributed by atoms with Crippen molar-refractivity contribution in [3.05, 3.63) is 48.4 Å². The van der Waals surface area contributed by atoms with Crippen molar-refractivity contribution in [3.8, 4) is 0 Å². The van der Waals surface area contributed by atoms with Gasteiger partial charge >= 0.3 is 0 Å². The average molecular weight is 270 g/mol. The van der Waals surface area contributed by atoms with Crippen LogP contribution in [0.3, 0.4) is 0 Å². The van der Waals surface area contributed by atoms with E-state index in [0.29, 0.717) is 11.3 Å². The molecule has 0 atom stereocenters. The Bertz CT molecular complexity index is 540. The molecule has 0 saturated carbocycles. The number of carbonyl (C=O) groups is 1. The fourth-order valence-corrected chi connectivity index (χ4v) is 1.67. The number of nitrogens with zero attached hydrogens (tertiary/aromatic N) is 2. The van der Waals surface area contributed by atoms with Crippen LogP contribution in [0.4, 0.5) is 11.5 Å². The van der Waals surface area contributed by atoms with Gasteiger partial charge in [0, 0.05) is 18.9 Å². The summed E-state index contributed by atoms with van der Waals surface area (Å²) in [5.74, 6) is 0.629. The maximum atomic E-state index is 11.9. The second-order valence-electron chi connectivity index (χ2n) is 4.41. The van der Waals surface area contributed by atoms with Crippen LogP contribution in [0.15, 0.2) is 42.9 Å². The molecule has 104 valence electrons. The Balaban J connectivity index is 1.92. The van der Waals surface area contributed by atoms with Crippen LogP contribution in [0.5, 0.6) is 0 Å². The molecule has 0 saturated heterocycles. The van der Waals surface area contributed by atoms with E-state index in [1.807, 2.05) is 12.1 Å². The number of aromatic nitrogens is 2. The number of carbonyl (C=O) groups excluding carboxylic acids is 1. The van der Waals surface area contributed by atoms with E-state index in [1.165, 1.54) is 6.20 Å². The average Bonchev–Trinajstić information content (AvgIpc) is 2.50. The fraction of sp³-hybridized carbons (Fsp3) is 0.267. The van der Waals surface area contributed by atoms with E-state index >= 15 is 0 Å². The molecule has 0 fully saturated rings. The van der Waals surface area contributed by atoms with Gasteiger partial charge in [0.25, 0.3) is 5.91 Å². The number of unbranched alkanes of at least 4 members (excludes halogenated alkanes) is 1. The first-order chi connectivity index (χ1) is 9.79. The van der Waals surface area contributed by atoms with Gasteiger partial charge in [0.05, 0.1) is 17.4 Å². The number of anilines is 2. The van der Waals surface area contributed by atoms with Crippen LogP contribution in [0.1, 0.15) is 30.1 Å². The van der Waals surface area contributed by atoms with Crippen molar-refractivity contribution in [2.24, 2.45) is 0 Å². The number of hydrogen-bond acceptors (Lipinski definition) is 4. The van der Waals surface area contributed by atoms with Crippen LogP contribution in [-0.2, 0) is 0 Å². The third-order valence-corrected chi connectivity index (χ3v) is 2.78. The Morgan fingerprint density at radius 3 is 2.80 bits per heavy atom. The van der Waals surface area contributed by atoms with Gasteiger partial charge in [0.15, 0.2) is 0 Å². The van der Waals surface area contributed by atoms with Gasteiger partial charge in [-0.3, -0.25) is 9.78 Å². The standard InChI is InChI=1S/C15H18N4O/c1-2-3-9-17-14-7-6-13(11-18-14)19-15(20)12-5-4-8-16-10-12/h4-8,10-11H,2-3,9H2,1H3,(H,17,18)(H,19,20). The predicted molar refractivity (Wildman–Crippen MR) is 79.8 cm³/mol. The van der Waals surface area contributed by atoms with Gasteiger partial charge in [-0.1, -0.05) is 13.3 Å². The largest absolute Gasteiger partial charge is 0.370 e. The molecule has 1 amide bonds. The predicted octanol–water partition coefficient (Wildman–Crippen LogP) is 2.94. The van der Waals surface area contributed by atoms with Crippen molar-refractivity contribution in [1.29, 1.82) is 0 Å². The van der Waals surface area contributed by atoms with Crippen LogP contribution < -0.4 is 10.6 Å². The highest BCUT2D eigenvalue weighted by Gasteiger charge is 2.05. The number of pyridine rings is 2. The molecule has 2 rings (SSSR count). The summed E-state index contributed by atoms with van der Waals surface area (Å²) in [5.41, 5.74) is 1.19. The van der Waals surface area contributed by atoms with Crippen LogP contribution in [-0.4, -0.2) is 22.4 Å². The van der Waals surface area contributed by atoms with Crippen molar-refractivity contribution >= 4 is 17.4 Å². The summed E-state index contributed by atoms with van der Waals surface area (Å²) in [4.78, 5) is 20.1. The first-order valence-corrected chi connectivity index (χ1v) is 6.71. The molecule has 0 aliphatic heterocycles. The second kappa shape index (κ2) is 7.23. The lowest BCUT2D eigenvalue weighted by Gasteiger charge is -2.07. The highest BCUT2D eigenvalue weighted by Crippen LogP contribution is 2.11. The van der Waals surface area contributed by atoms with Crippen LogP contribution in [0.25, 0.3) is 0 Å². The van der Waals surface area contributed by atoms with Crippen molar-refractivity contribution in [2.75, 3.05) is 17.2 Å². The van der Waals surface area contributed by atoms with Crippen molar-refractivity contribution in [3.63, 3.8) is 0 Å². The molecule has 0 aromatic carbocycles. The lowest BCUT2D eigenvalue weighted by atomic mass is 10.2. The summed E-state index contributed by atoms with van der Waals surface area (Å²) in [6, 6.07) is 7.13. The molecule has 5 nitrogen and oxygen atoms in total. The zero-order valence-corrected chi connectivity index (χ0v) is 11.5. The van der Waals surface area contributed by atoms with Crippen LogP contribution >= 0.6 is 0 Å². The molecule has 2 aromatic rings. The molecule has 0 unspecified atom stereocenters. The van der Waals surface area contributed by atoms with Crippen molar-refractivity contribution < 1.29 is 4.79 Å². The highest BCUT2D eigenvalue weighted by molar-refractivity contribution is 6.03. The number of hydrogen-bond donors (Lipinski definition) is 2. The first kappa shape index (κ1) is 14.0. The van der Waals surface area contributed by atoms with Gasteiger partial charge < -0.3 is 10.6 Å². The SMILES string of the molecule is CCCCNc1ccc(NC(=O)c2cccnc2)cn1. The molecule has 2 N–H and O–H groups in total. The first-order valence-electron chi connectivity index (χ1n) is 6.71. The molecule has 0 radical (unpaired) electrons. The zero-order valence-electron chi connectivity index (χ0n) is 11.5. The topological polar surface area (TPSA) is 66.9 Å². The normalized spacial score (nSPS) is 10.1.